The van der Waals surface area contributed by atoms with Gasteiger partial charge in [0.1, 0.15) is 11.8 Å². The maximum atomic E-state index is 12.7. The van der Waals surface area contributed by atoms with Crippen molar-refractivity contribution in [3.05, 3.63) is 102 Å². The lowest BCUT2D eigenvalue weighted by Gasteiger charge is -2.30. The van der Waals surface area contributed by atoms with Crippen LogP contribution in [0.4, 0.5) is 11.4 Å². The van der Waals surface area contributed by atoms with Gasteiger partial charge in [0.2, 0.25) is 5.91 Å². The molecule has 5 rings (SSSR count). The van der Waals surface area contributed by atoms with Crippen molar-refractivity contribution in [3.63, 3.8) is 0 Å². The highest BCUT2D eigenvalue weighted by molar-refractivity contribution is 7.80. The van der Waals surface area contributed by atoms with Crippen molar-refractivity contribution in [2.45, 2.75) is 39.8 Å². The molecule has 7 nitrogen and oxygen atoms in total. The normalized spacial score (nSPS) is 17.2. The molecule has 0 aliphatic carbocycles. The Kier molecular flexibility index (Phi) is 7.14. The van der Waals surface area contributed by atoms with Gasteiger partial charge >= 0.3 is 0 Å². The lowest BCUT2D eigenvalue weighted by atomic mass is 9.95. The summed E-state index contributed by atoms with van der Waals surface area (Å²) in [5.41, 5.74) is 5.16. The summed E-state index contributed by atoms with van der Waals surface area (Å²) in [4.78, 5) is 19.5. The van der Waals surface area contributed by atoms with Gasteiger partial charge in [-0.25, -0.2) is 0 Å². The molecule has 3 heterocycles. The molecule has 0 saturated carbocycles. The molecular formula is C31H33N5O2S. The Bertz CT molecular complexity index is 1510. The summed E-state index contributed by atoms with van der Waals surface area (Å²) in [5, 5.41) is 7.11. The molecule has 200 valence electrons. The average molecular weight is 540 g/mol. The van der Waals surface area contributed by atoms with Gasteiger partial charge in [0.25, 0.3) is 0 Å². The maximum Gasteiger partial charge on any atom is 0.229 e. The number of thiocarbonyl (C=S) groups is 1. The summed E-state index contributed by atoms with van der Waals surface area (Å²) in [5.74, 6) is 0.471. The molecule has 0 spiro atoms. The second-order valence-corrected chi connectivity index (χ2v) is 11.1. The zero-order chi connectivity index (χ0) is 27.7. The lowest BCUT2D eigenvalue weighted by Crippen LogP contribution is -2.30. The third-order valence-electron chi connectivity index (χ3n) is 6.95. The second-order valence-electron chi connectivity index (χ2n) is 10.7. The van der Waals surface area contributed by atoms with E-state index in [1.165, 1.54) is 5.56 Å². The van der Waals surface area contributed by atoms with Gasteiger partial charge in [-0.2, -0.15) is 0 Å². The number of amides is 1. The molecule has 1 amide bonds. The van der Waals surface area contributed by atoms with Gasteiger partial charge < -0.3 is 24.8 Å². The Labute approximate surface area is 234 Å². The van der Waals surface area contributed by atoms with E-state index in [0.717, 1.165) is 22.8 Å². The first-order valence-corrected chi connectivity index (χ1v) is 13.3. The summed E-state index contributed by atoms with van der Waals surface area (Å²) >= 11 is 5.93. The third kappa shape index (κ3) is 5.12. The third-order valence-corrected chi connectivity index (χ3v) is 7.26. The van der Waals surface area contributed by atoms with E-state index < -0.39 is 5.41 Å². The minimum atomic E-state index is -0.536. The van der Waals surface area contributed by atoms with Crippen molar-refractivity contribution in [3.8, 4) is 11.4 Å². The Balaban J connectivity index is 1.62. The zero-order valence-corrected chi connectivity index (χ0v) is 23.6. The number of ether oxygens (including phenoxy) is 1. The van der Waals surface area contributed by atoms with Gasteiger partial charge in [0.15, 0.2) is 5.11 Å². The highest BCUT2D eigenvalue weighted by atomic mass is 32.1. The molecule has 39 heavy (non-hydrogen) atoms. The molecule has 2 aromatic carbocycles. The number of methoxy groups -OCH3 is 1. The Morgan fingerprint density at radius 3 is 2.51 bits per heavy atom. The number of nitrogens with one attached hydrogen (secondary N) is 2. The Hall–Kier alpha value is -4.17. The molecule has 2 atom stereocenters. The Morgan fingerprint density at radius 2 is 1.82 bits per heavy atom. The van der Waals surface area contributed by atoms with Crippen LogP contribution in [0.2, 0.25) is 0 Å². The highest BCUT2D eigenvalue weighted by Gasteiger charge is 2.42. The molecule has 0 radical (unpaired) electrons. The fraction of sp³-hybridized carbons (Fsp3) is 0.258. The van der Waals surface area contributed by atoms with Crippen molar-refractivity contribution >= 4 is 34.6 Å². The molecule has 0 bridgehead atoms. The number of carbonyl (C=O) groups excluding carboxylic acids is 1. The van der Waals surface area contributed by atoms with E-state index in [9.17, 15) is 4.79 Å². The molecule has 1 aliphatic heterocycles. The molecule has 1 fully saturated rings. The van der Waals surface area contributed by atoms with E-state index in [1.807, 2.05) is 69.3 Å². The van der Waals surface area contributed by atoms with Gasteiger partial charge in [0.05, 0.1) is 24.5 Å². The smallest absolute Gasteiger partial charge is 0.229 e. The first-order valence-electron chi connectivity index (χ1n) is 12.9. The fourth-order valence-corrected chi connectivity index (χ4v) is 5.21. The first-order chi connectivity index (χ1) is 18.7. The summed E-state index contributed by atoms with van der Waals surface area (Å²) in [6, 6.07) is 23.8. The van der Waals surface area contributed by atoms with Crippen molar-refractivity contribution in [1.29, 1.82) is 0 Å². The van der Waals surface area contributed by atoms with Crippen LogP contribution in [0.1, 0.15) is 49.8 Å². The van der Waals surface area contributed by atoms with E-state index in [1.54, 1.807) is 13.3 Å². The molecular weight excluding hydrogens is 506 g/mol. The van der Waals surface area contributed by atoms with Gasteiger partial charge in [-0.1, -0.05) is 45.0 Å². The second kappa shape index (κ2) is 10.5. The van der Waals surface area contributed by atoms with Crippen molar-refractivity contribution in [1.82, 2.24) is 14.9 Å². The van der Waals surface area contributed by atoms with Crippen LogP contribution >= 0.6 is 12.2 Å². The molecule has 2 N–H and O–H groups in total. The number of anilines is 2. The fourth-order valence-electron chi connectivity index (χ4n) is 4.86. The number of rotatable bonds is 6. The minimum absolute atomic E-state index is 0.0870. The lowest BCUT2D eigenvalue weighted by molar-refractivity contribution is -0.123. The van der Waals surface area contributed by atoms with Crippen LogP contribution in [0.15, 0.2) is 85.2 Å². The number of aromatic nitrogens is 2. The number of hydrogen-bond donors (Lipinski definition) is 2. The van der Waals surface area contributed by atoms with E-state index in [0.29, 0.717) is 16.5 Å². The minimum Gasteiger partial charge on any atom is -0.494 e. The van der Waals surface area contributed by atoms with Crippen LogP contribution in [0.25, 0.3) is 5.69 Å². The summed E-state index contributed by atoms with van der Waals surface area (Å²) in [6.45, 7) is 7.75. The van der Waals surface area contributed by atoms with E-state index >= 15 is 0 Å². The number of hydrogen-bond acceptors (Lipinski definition) is 4. The summed E-state index contributed by atoms with van der Waals surface area (Å²) in [6.07, 6.45) is 3.88. The van der Waals surface area contributed by atoms with Gasteiger partial charge in [0, 0.05) is 40.9 Å². The highest BCUT2D eigenvalue weighted by Crippen LogP contribution is 2.44. The van der Waals surface area contributed by atoms with Crippen molar-refractivity contribution in [2.24, 2.45) is 5.41 Å². The van der Waals surface area contributed by atoms with Gasteiger partial charge in [-0.3, -0.25) is 9.78 Å². The number of benzene rings is 2. The largest absolute Gasteiger partial charge is 0.494 e. The first kappa shape index (κ1) is 26.4. The molecule has 1 saturated heterocycles. The van der Waals surface area contributed by atoms with Crippen LogP contribution in [0.3, 0.4) is 0 Å². The number of nitrogens with zero attached hydrogens (tertiary/aromatic N) is 3. The maximum absolute atomic E-state index is 12.7. The average Bonchev–Trinajstić information content (AvgIpc) is 3.53. The Morgan fingerprint density at radius 1 is 1.05 bits per heavy atom. The van der Waals surface area contributed by atoms with Crippen LogP contribution in [0, 0.1) is 12.3 Å². The van der Waals surface area contributed by atoms with Gasteiger partial charge in [-0.05, 0) is 67.2 Å². The van der Waals surface area contributed by atoms with E-state index in [2.05, 4.69) is 62.5 Å². The number of para-hydroxylation sites is 1. The summed E-state index contributed by atoms with van der Waals surface area (Å²) in [7, 11) is 1.60. The zero-order valence-electron chi connectivity index (χ0n) is 22.8. The predicted molar refractivity (Wildman–Crippen MR) is 160 cm³/mol. The molecule has 2 aromatic heterocycles. The molecule has 4 aromatic rings. The van der Waals surface area contributed by atoms with Crippen LogP contribution in [0.5, 0.6) is 5.75 Å². The van der Waals surface area contributed by atoms with Crippen LogP contribution < -0.4 is 20.3 Å². The number of pyridine rings is 1. The molecule has 8 heteroatoms. The topological polar surface area (TPSA) is 71.4 Å². The number of carbonyl (C=O) groups is 1. The quantitative estimate of drug-likeness (QED) is 0.278. The van der Waals surface area contributed by atoms with Crippen LogP contribution in [-0.4, -0.2) is 27.7 Å². The number of aryl methyl sites for hydroxylation is 1. The molecule has 0 unspecified atom stereocenters. The molecule has 1 aliphatic rings. The van der Waals surface area contributed by atoms with Crippen LogP contribution in [-0.2, 0) is 4.79 Å². The monoisotopic (exact) mass is 539 g/mol. The van der Waals surface area contributed by atoms with Crippen molar-refractivity contribution in [2.75, 3.05) is 17.3 Å². The van der Waals surface area contributed by atoms with E-state index in [-0.39, 0.29) is 18.0 Å². The van der Waals surface area contributed by atoms with E-state index in [4.69, 9.17) is 17.0 Å². The predicted octanol–water partition coefficient (Wildman–Crippen LogP) is 6.35. The summed E-state index contributed by atoms with van der Waals surface area (Å²) < 4.78 is 7.93. The van der Waals surface area contributed by atoms with Gasteiger partial charge in [-0.15, -0.1) is 0 Å². The van der Waals surface area contributed by atoms with Crippen molar-refractivity contribution < 1.29 is 9.53 Å². The SMILES string of the molecule is COc1cc(N2C(=S)N[C@H](c3ccccn3)[C@H]2c2cccn2-c2ccccc2C)ccc1NC(=O)C(C)(C)C. The standard InChI is InChI=1S/C31H33N5O2S/c1-20-11-6-7-13-24(20)35-18-10-14-25(35)28-27(23-12-8-9-17-32-23)34-30(39)36(28)21-15-16-22(26(19-21)38-5)33-29(37)31(2,3)4/h6-19,27-28H,1-5H3,(H,33,37)(H,34,39)/t27-,28-/m1/s1.